The minimum absolute atomic E-state index is 0.606. The smallest absolute Gasteiger partial charge is 0.108 e. The van der Waals surface area contributed by atoms with Crippen molar-refractivity contribution in [3.63, 3.8) is 0 Å². The number of nitrogens with two attached hydrogens (primary N) is 1. The third-order valence-electron chi connectivity index (χ3n) is 1.95. The van der Waals surface area contributed by atoms with Crippen molar-refractivity contribution in [2.45, 2.75) is 6.54 Å². The van der Waals surface area contributed by atoms with Gasteiger partial charge in [-0.1, -0.05) is 34.1 Å². The largest absolute Gasteiger partial charge is 0.271 e. The van der Waals surface area contributed by atoms with Crippen LogP contribution in [0.25, 0.3) is 11.3 Å². The second kappa shape index (κ2) is 4.85. The maximum atomic E-state index is 5.25. The normalized spacial score (nSPS) is 10.5. The number of aromatic nitrogens is 1. The number of hydrogen-bond donors (Lipinski definition) is 2. The number of halogens is 1. The Morgan fingerprint density at radius 3 is 2.93 bits per heavy atom. The van der Waals surface area contributed by atoms with E-state index >= 15 is 0 Å². The van der Waals surface area contributed by atoms with Gasteiger partial charge in [-0.15, -0.1) is 11.3 Å². The first-order chi connectivity index (χ1) is 7.31. The molecule has 0 atom stereocenters. The van der Waals surface area contributed by atoms with E-state index in [0.29, 0.717) is 6.54 Å². The highest BCUT2D eigenvalue weighted by molar-refractivity contribution is 9.10. The fourth-order valence-corrected chi connectivity index (χ4v) is 2.50. The molecule has 0 bridgehead atoms. The van der Waals surface area contributed by atoms with E-state index in [1.54, 1.807) is 11.3 Å². The molecule has 0 amide bonds. The lowest BCUT2D eigenvalue weighted by atomic mass is 10.2. The molecule has 0 unspecified atom stereocenters. The van der Waals surface area contributed by atoms with Crippen molar-refractivity contribution in [2.24, 2.45) is 5.84 Å². The highest BCUT2D eigenvalue weighted by atomic mass is 79.9. The number of nitrogens with one attached hydrogen (secondary N) is 1. The van der Waals surface area contributed by atoms with Gasteiger partial charge in [0, 0.05) is 15.4 Å². The quantitative estimate of drug-likeness (QED) is 0.672. The number of thiazole rings is 1. The molecule has 78 valence electrons. The maximum absolute atomic E-state index is 5.25. The maximum Gasteiger partial charge on any atom is 0.108 e. The lowest BCUT2D eigenvalue weighted by Gasteiger charge is -1.99. The first-order valence-corrected chi connectivity index (χ1v) is 6.11. The minimum atomic E-state index is 0.606. The zero-order valence-corrected chi connectivity index (χ0v) is 10.3. The molecule has 0 spiro atoms. The van der Waals surface area contributed by atoms with Crippen LogP contribution < -0.4 is 11.3 Å². The predicted molar refractivity (Wildman–Crippen MR) is 66.3 cm³/mol. The lowest BCUT2D eigenvalue weighted by molar-refractivity contribution is 0.737. The molecule has 0 aliphatic rings. The molecule has 1 heterocycles. The Balaban J connectivity index is 2.33. The van der Waals surface area contributed by atoms with Crippen LogP contribution in [0.3, 0.4) is 0 Å². The molecule has 0 saturated heterocycles. The molecule has 15 heavy (non-hydrogen) atoms. The van der Waals surface area contributed by atoms with E-state index in [9.17, 15) is 0 Å². The van der Waals surface area contributed by atoms with E-state index in [-0.39, 0.29) is 0 Å². The van der Waals surface area contributed by atoms with Crippen molar-refractivity contribution in [1.82, 2.24) is 10.4 Å². The zero-order valence-electron chi connectivity index (χ0n) is 7.90. The summed E-state index contributed by atoms with van der Waals surface area (Å²) in [7, 11) is 0. The van der Waals surface area contributed by atoms with E-state index in [0.717, 1.165) is 20.7 Å². The molecule has 0 aliphatic heterocycles. The van der Waals surface area contributed by atoms with Gasteiger partial charge < -0.3 is 0 Å². The Morgan fingerprint density at radius 1 is 1.40 bits per heavy atom. The van der Waals surface area contributed by atoms with Crippen molar-refractivity contribution in [3.05, 3.63) is 39.1 Å². The fraction of sp³-hybridized carbons (Fsp3) is 0.100. The average molecular weight is 284 g/mol. The van der Waals surface area contributed by atoms with Gasteiger partial charge >= 0.3 is 0 Å². The summed E-state index contributed by atoms with van der Waals surface area (Å²) >= 11 is 5.11. The Labute approximate surface area is 100 Å². The second-order valence-electron chi connectivity index (χ2n) is 2.99. The van der Waals surface area contributed by atoms with Crippen LogP contribution in [0.1, 0.15) is 5.01 Å². The Morgan fingerprint density at radius 2 is 2.20 bits per heavy atom. The average Bonchev–Trinajstić information content (AvgIpc) is 2.68. The molecule has 0 saturated carbocycles. The summed E-state index contributed by atoms with van der Waals surface area (Å²) in [6, 6.07) is 8.04. The molecule has 0 fully saturated rings. The van der Waals surface area contributed by atoms with Crippen LogP contribution in [-0.4, -0.2) is 4.98 Å². The van der Waals surface area contributed by atoms with Crippen LogP contribution in [0.4, 0.5) is 0 Å². The third kappa shape index (κ3) is 2.43. The van der Waals surface area contributed by atoms with Gasteiger partial charge in [0.25, 0.3) is 0 Å². The van der Waals surface area contributed by atoms with Gasteiger partial charge in [0.2, 0.25) is 0 Å². The fourth-order valence-electron chi connectivity index (χ4n) is 1.27. The van der Waals surface area contributed by atoms with Gasteiger partial charge in [0.05, 0.1) is 12.2 Å². The van der Waals surface area contributed by atoms with Crippen LogP contribution in [0.2, 0.25) is 0 Å². The predicted octanol–water partition coefficient (Wildman–Crippen LogP) is 2.54. The van der Waals surface area contributed by atoms with E-state index in [1.807, 2.05) is 29.6 Å². The van der Waals surface area contributed by atoms with E-state index < -0.39 is 0 Å². The Kier molecular flexibility index (Phi) is 3.48. The van der Waals surface area contributed by atoms with Crippen molar-refractivity contribution < 1.29 is 0 Å². The highest BCUT2D eigenvalue weighted by Gasteiger charge is 2.06. The molecule has 0 aliphatic carbocycles. The molecular weight excluding hydrogens is 274 g/mol. The summed E-state index contributed by atoms with van der Waals surface area (Å²) in [5, 5.41) is 3.02. The van der Waals surface area contributed by atoms with Crippen LogP contribution in [0, 0.1) is 0 Å². The molecule has 1 aromatic heterocycles. The first-order valence-electron chi connectivity index (χ1n) is 4.44. The summed E-state index contributed by atoms with van der Waals surface area (Å²) in [6.07, 6.45) is 0. The van der Waals surface area contributed by atoms with Crippen molar-refractivity contribution >= 4 is 27.3 Å². The highest BCUT2D eigenvalue weighted by Crippen LogP contribution is 2.28. The van der Waals surface area contributed by atoms with E-state index in [2.05, 4.69) is 26.3 Å². The van der Waals surface area contributed by atoms with Gasteiger partial charge in [-0.2, -0.15) is 0 Å². The van der Waals surface area contributed by atoms with Crippen LogP contribution >= 0.6 is 27.3 Å². The summed E-state index contributed by atoms with van der Waals surface area (Å²) in [5.74, 6) is 5.25. The second-order valence-corrected chi connectivity index (χ2v) is 4.78. The Hall–Kier alpha value is -0.750. The lowest BCUT2D eigenvalue weighted by Crippen LogP contribution is -2.20. The molecule has 2 rings (SSSR count). The van der Waals surface area contributed by atoms with Crippen molar-refractivity contribution in [2.75, 3.05) is 0 Å². The summed E-state index contributed by atoms with van der Waals surface area (Å²) < 4.78 is 1.06. The number of nitrogens with zero attached hydrogens (tertiary/aromatic N) is 1. The topological polar surface area (TPSA) is 50.9 Å². The van der Waals surface area contributed by atoms with Crippen LogP contribution in [0.5, 0.6) is 0 Å². The van der Waals surface area contributed by atoms with Gasteiger partial charge in [-0.05, 0) is 6.07 Å². The number of hydrogen-bond acceptors (Lipinski definition) is 4. The molecule has 3 N–H and O–H groups in total. The van der Waals surface area contributed by atoms with Crippen LogP contribution in [0.15, 0.2) is 34.1 Å². The van der Waals surface area contributed by atoms with Crippen molar-refractivity contribution in [1.29, 1.82) is 0 Å². The number of benzene rings is 1. The zero-order chi connectivity index (χ0) is 10.7. The molecule has 5 heteroatoms. The number of rotatable bonds is 3. The summed E-state index contributed by atoms with van der Waals surface area (Å²) in [5.41, 5.74) is 4.69. The minimum Gasteiger partial charge on any atom is -0.271 e. The van der Waals surface area contributed by atoms with Crippen molar-refractivity contribution in [3.8, 4) is 11.3 Å². The first kappa shape index (κ1) is 10.8. The molecule has 1 aromatic carbocycles. The third-order valence-corrected chi connectivity index (χ3v) is 3.50. The van der Waals surface area contributed by atoms with E-state index in [1.165, 1.54) is 0 Å². The van der Waals surface area contributed by atoms with Gasteiger partial charge in [0.1, 0.15) is 5.01 Å². The van der Waals surface area contributed by atoms with E-state index in [4.69, 9.17) is 5.84 Å². The monoisotopic (exact) mass is 283 g/mol. The van der Waals surface area contributed by atoms with Gasteiger partial charge in [0.15, 0.2) is 0 Å². The molecule has 2 aromatic rings. The summed E-state index contributed by atoms with van der Waals surface area (Å²) in [6.45, 7) is 0.606. The molecular formula is C10H10BrN3S. The summed E-state index contributed by atoms with van der Waals surface area (Å²) in [4.78, 5) is 4.48. The molecule has 0 radical (unpaired) electrons. The van der Waals surface area contributed by atoms with Gasteiger partial charge in [-0.3, -0.25) is 11.3 Å². The Bertz CT molecular complexity index is 455. The van der Waals surface area contributed by atoms with Crippen LogP contribution in [-0.2, 0) is 6.54 Å². The van der Waals surface area contributed by atoms with Gasteiger partial charge in [-0.25, -0.2) is 4.98 Å². The SMILES string of the molecule is NNCc1nc(-c2ccccc2Br)cs1. The molecule has 3 nitrogen and oxygen atoms in total. The standard InChI is InChI=1S/C10H10BrN3S/c11-8-4-2-1-3-7(8)9-6-15-10(14-9)5-13-12/h1-4,6,13H,5,12H2. The number of hydrazine groups is 1.